The third kappa shape index (κ3) is 14.3. The first-order valence-electron chi connectivity index (χ1n) is 27.4. The number of ether oxygens (including phenoxy) is 5. The number of esters is 2. The Morgan fingerprint density at radius 3 is 2.20 bits per heavy atom. The van der Waals surface area contributed by atoms with Crippen LogP contribution in [0.3, 0.4) is 0 Å². The molecule has 0 aromatic heterocycles. The fourth-order valence-corrected chi connectivity index (χ4v) is 11.6. The van der Waals surface area contributed by atoms with Crippen LogP contribution in [0.4, 0.5) is 10.5 Å². The summed E-state index contributed by atoms with van der Waals surface area (Å²) in [6.07, 6.45) is 3.48. The molecule has 0 saturated carbocycles. The fourth-order valence-electron chi connectivity index (χ4n) is 11.0. The number of aliphatic imine (C=N–C) groups is 1. The molecule has 0 radical (unpaired) electrons. The number of anilines is 1. The number of allylic oxidation sites excluding steroid dienone is 4. The summed E-state index contributed by atoms with van der Waals surface area (Å²) in [6.45, 7) is 24.4. The van der Waals surface area contributed by atoms with Gasteiger partial charge in [0.05, 0.1) is 46.4 Å². The van der Waals surface area contributed by atoms with E-state index in [1.165, 1.54) is 64.3 Å². The van der Waals surface area contributed by atoms with Crippen LogP contribution in [0.15, 0.2) is 77.3 Å². The van der Waals surface area contributed by atoms with Crippen LogP contribution in [0.1, 0.15) is 119 Å². The summed E-state index contributed by atoms with van der Waals surface area (Å²) < 4.78 is 41.4. The lowest BCUT2D eigenvalue weighted by molar-refractivity contribution is -0.166. The number of fused-ring (bicyclic) bond motifs is 5. The van der Waals surface area contributed by atoms with E-state index in [-0.39, 0.29) is 70.5 Å². The zero-order valence-corrected chi connectivity index (χ0v) is 50.8. The molecule has 81 heavy (non-hydrogen) atoms. The first-order valence-corrected chi connectivity index (χ1v) is 28.9. The van der Waals surface area contributed by atoms with Gasteiger partial charge in [0.1, 0.15) is 41.6 Å². The zero-order valence-electron chi connectivity index (χ0n) is 48.7. The molecule has 1 spiro atoms. The Bertz CT molecular complexity index is 2890. The van der Waals surface area contributed by atoms with Crippen LogP contribution in [-0.4, -0.2) is 143 Å². The topological polar surface area (TPSA) is 261 Å². The molecular formula is C59H80N6O14P2. The molecule has 22 heteroatoms. The van der Waals surface area contributed by atoms with E-state index in [4.69, 9.17) is 28.7 Å². The Morgan fingerprint density at radius 1 is 0.975 bits per heavy atom. The van der Waals surface area contributed by atoms with Gasteiger partial charge in [0.15, 0.2) is 8.46 Å². The molecule has 1 aliphatic carbocycles. The van der Waals surface area contributed by atoms with Crippen molar-refractivity contribution in [1.82, 2.24) is 20.4 Å². The monoisotopic (exact) mass is 1160 g/mol. The number of likely N-dealkylation sites (tertiary alicyclic amines) is 1. The van der Waals surface area contributed by atoms with Gasteiger partial charge >= 0.3 is 23.8 Å². The summed E-state index contributed by atoms with van der Waals surface area (Å²) in [7, 11) is 5.41. The van der Waals surface area contributed by atoms with Crippen LogP contribution in [0.5, 0.6) is 11.5 Å². The number of amides is 3. The number of piperidine rings is 1. The molecule has 0 bridgehead atoms. The predicted molar refractivity (Wildman–Crippen MR) is 310 cm³/mol. The van der Waals surface area contributed by atoms with Crippen LogP contribution in [0, 0.1) is 36.5 Å². The summed E-state index contributed by atoms with van der Waals surface area (Å²) in [5.41, 5.74) is 1.04. The number of carbonyl (C=O) groups is 6. The number of hydrogen-bond donors (Lipinski definition) is 5. The second-order valence-electron chi connectivity index (χ2n) is 22.6. The molecule has 3 amide bonds. The zero-order chi connectivity index (χ0) is 60.0. The molecule has 440 valence electrons. The molecular weight excluding hydrogens is 1080 g/mol. The molecule has 2 aromatic carbocycles. The number of urea groups is 1. The minimum absolute atomic E-state index is 0.0136. The van der Waals surface area contributed by atoms with Crippen LogP contribution in [0.25, 0.3) is 0 Å². The van der Waals surface area contributed by atoms with Gasteiger partial charge in [-0.1, -0.05) is 79.3 Å². The van der Waals surface area contributed by atoms with Gasteiger partial charge in [-0.3, -0.25) is 33.5 Å². The van der Waals surface area contributed by atoms with Gasteiger partial charge in [-0.15, -0.1) is 9.24 Å². The molecule has 20 nitrogen and oxygen atoms in total. The lowest BCUT2D eigenvalue weighted by Crippen LogP contribution is -2.50. The van der Waals surface area contributed by atoms with E-state index in [1.807, 2.05) is 26.0 Å². The number of carbonyl (C=O) groups excluding carboxylic acids is 6. The van der Waals surface area contributed by atoms with Crippen molar-refractivity contribution < 1.29 is 67.2 Å². The quantitative estimate of drug-likeness (QED) is 0.0219. The first kappa shape index (κ1) is 63.9. The normalized spacial score (nSPS) is 20.7. The number of phenolic OH excluding ortho intramolecular Hbond substituents is 1. The van der Waals surface area contributed by atoms with E-state index in [1.54, 1.807) is 39.8 Å². The molecule has 3 aliphatic heterocycles. The number of methoxy groups -OCH3 is 1. The number of nitrogens with zero attached hydrogens (tertiary/aromatic N) is 3. The van der Waals surface area contributed by atoms with Crippen LogP contribution >= 0.6 is 17.7 Å². The summed E-state index contributed by atoms with van der Waals surface area (Å²) in [6, 6.07) is 6.51. The third-order valence-electron chi connectivity index (χ3n) is 15.4. The molecule has 5 N–H and O–H groups in total. The highest BCUT2D eigenvalue weighted by Gasteiger charge is 2.54. The molecule has 2 unspecified atom stereocenters. The Morgan fingerprint density at radius 2 is 1.62 bits per heavy atom. The lowest BCUT2D eigenvalue weighted by Gasteiger charge is -2.39. The lowest BCUT2D eigenvalue weighted by atomic mass is 9.78. The van der Waals surface area contributed by atoms with Gasteiger partial charge in [0.2, 0.25) is 5.78 Å². The number of rotatable bonds is 24. The number of aromatic hydroxyl groups is 1. The summed E-state index contributed by atoms with van der Waals surface area (Å²) in [5, 5.41) is 32.8. The minimum Gasteiger partial charge on any atom is -0.507 e. The SMILES string of the molecule is C=C/C=C(/C)C(=O)NC1=C2NC3(CCN(CC(C)C)CC3)N=C2c2c(c(O)c(C)c3c2C(=O)[C@@](C)(O/C=C/[C@H](OC)[C@@H](C)[C@@H](OC(C)=O)[C@H](C)[C@H](O)[C@H](C)[C@@H](OC(=O)CN(C)C(=O)Nc2ccc(CC(P)P=O)cc2)C(C)C)O3)C1=O. The second-order valence-corrected chi connectivity index (χ2v) is 24.8. The maximum Gasteiger partial charge on any atom is 0.325 e. The fraction of sp³-hybridized carbons (Fsp3) is 0.542. The van der Waals surface area contributed by atoms with Crippen molar-refractivity contribution in [1.29, 1.82) is 0 Å². The second kappa shape index (κ2) is 26.7. The highest BCUT2D eigenvalue weighted by molar-refractivity contribution is 7.41. The van der Waals surface area contributed by atoms with Crippen LogP contribution in [-0.2, 0) is 44.3 Å². The highest BCUT2D eigenvalue weighted by atomic mass is 31.1. The van der Waals surface area contributed by atoms with Crippen molar-refractivity contribution >= 4 is 64.5 Å². The Hall–Kier alpha value is -6.30. The Kier molecular flexibility index (Phi) is 21.1. The number of aliphatic hydroxyl groups excluding tert-OH is 1. The van der Waals surface area contributed by atoms with Gasteiger partial charge in [-0.2, -0.15) is 0 Å². The first-order chi connectivity index (χ1) is 38.1. The van der Waals surface area contributed by atoms with E-state index in [0.717, 1.165) is 12.1 Å². The number of Topliss-reactive ketones (excluding diaryl/α,β-unsaturated/α-hetero) is 2. The third-order valence-corrected chi connectivity index (χ3v) is 16.5. The van der Waals surface area contributed by atoms with Crippen molar-refractivity contribution in [3.8, 4) is 11.5 Å². The van der Waals surface area contributed by atoms with Gasteiger partial charge in [0, 0.05) is 101 Å². The maximum absolute atomic E-state index is 14.9. The standard InChI is InChI=1S/C59H80N6O14P2/c1-15-16-32(6)56(72)61-48-47-46(62-59(63-47)22-24-65(25-23-59)28-30(2)3)43-44(51(48)70)50(69)36(10)54-45(43)55(71)58(12,79-54)76-26-21-40(75-14)33(7)53(77-37(11)66)35(9)49(68)34(8)52(31(4)5)78-41(67)29-64(13)57(73)60-39-19-17-38(18-20-39)27-42(80)81-74/h15-21,26,30-31,33-35,40,42,49,52-53,63,68-69H,1,22-25,27-29,80H2,2-14H3,(H,60,73)(H,61,72)/b26-21+,32-16-/t33-,34+,35-,40+,42?,49-,52+,53-,58+/m1/s1. The molecule has 2 aromatic rings. The van der Waals surface area contributed by atoms with Gasteiger partial charge in [-0.05, 0) is 55.9 Å². The molecule has 10 atom stereocenters. The Labute approximate surface area is 478 Å². The van der Waals surface area contributed by atoms with E-state index in [0.29, 0.717) is 44.0 Å². The van der Waals surface area contributed by atoms with Crippen molar-refractivity contribution in [3.63, 3.8) is 0 Å². The predicted octanol–water partition coefficient (Wildman–Crippen LogP) is 8.00. The smallest absolute Gasteiger partial charge is 0.325 e. The number of likely N-dealkylation sites (N-methyl/N-ethyl adjacent to an activating group) is 1. The number of ketones is 2. The van der Waals surface area contributed by atoms with Gasteiger partial charge in [0.25, 0.3) is 11.7 Å². The van der Waals surface area contributed by atoms with Crippen LogP contribution < -0.4 is 20.7 Å². The molecule has 1 fully saturated rings. The summed E-state index contributed by atoms with van der Waals surface area (Å²) in [5.74, 6) is -7.82. The average Bonchev–Trinajstić information content (AvgIpc) is 3.10. The van der Waals surface area contributed by atoms with Crippen molar-refractivity contribution in [2.24, 2.45) is 34.6 Å². The minimum atomic E-state index is -2.05. The van der Waals surface area contributed by atoms with E-state index in [9.17, 15) is 43.5 Å². The van der Waals surface area contributed by atoms with Crippen LogP contribution in [0.2, 0.25) is 0 Å². The number of nitrogens with one attached hydrogen (secondary N) is 3. The summed E-state index contributed by atoms with van der Waals surface area (Å²) in [4.78, 5) is 91.1. The number of phenols is 1. The van der Waals surface area contributed by atoms with Gasteiger partial charge in [-0.25, -0.2) is 4.79 Å². The highest BCUT2D eigenvalue weighted by Crippen LogP contribution is 2.50. The van der Waals surface area contributed by atoms with E-state index >= 15 is 0 Å². The largest absolute Gasteiger partial charge is 0.507 e. The average molecular weight is 1160 g/mol. The molecule has 4 aliphatic rings. The Balaban J connectivity index is 1.19. The number of aliphatic hydroxyl groups is 1. The van der Waals surface area contributed by atoms with Crippen molar-refractivity contribution in [2.45, 2.75) is 137 Å². The van der Waals surface area contributed by atoms with Gasteiger partial charge < -0.3 is 59.6 Å². The van der Waals surface area contributed by atoms with E-state index < -0.39 is 101 Å². The van der Waals surface area contributed by atoms with E-state index in [2.05, 4.69) is 50.5 Å². The molecule has 1 saturated heterocycles. The maximum atomic E-state index is 14.9. The molecule has 3 heterocycles. The number of benzene rings is 2. The summed E-state index contributed by atoms with van der Waals surface area (Å²) >= 11 is 0. The molecule has 6 rings (SSSR count). The number of hydrogen-bond acceptors (Lipinski definition) is 17. The van der Waals surface area contributed by atoms with Crippen molar-refractivity contribution in [2.75, 3.05) is 45.7 Å². The van der Waals surface area contributed by atoms with Crippen molar-refractivity contribution in [3.05, 3.63) is 100 Å².